The number of carbonyl (C=O) groups is 2. The van der Waals surface area contributed by atoms with Crippen LogP contribution in [0.1, 0.15) is 106 Å². The van der Waals surface area contributed by atoms with Crippen LogP contribution in [0.5, 0.6) is 0 Å². The first-order valence-corrected chi connectivity index (χ1v) is 14.5. The second-order valence-corrected chi connectivity index (χ2v) is 15.0. The lowest BCUT2D eigenvalue weighted by Gasteiger charge is -2.69. The van der Waals surface area contributed by atoms with Gasteiger partial charge in [0, 0.05) is 5.41 Å². The van der Waals surface area contributed by atoms with E-state index < -0.39 is 11.5 Å². The van der Waals surface area contributed by atoms with E-state index >= 15 is 0 Å². The lowest BCUT2D eigenvalue weighted by Crippen LogP contribution is -2.65. The molecule has 0 heterocycles. The monoisotopic (exact) mass is 511 g/mol. The minimum atomic E-state index is -0.602. The zero-order valence-corrected chi connectivity index (χ0v) is 24.4. The van der Waals surface area contributed by atoms with E-state index in [1.165, 1.54) is 7.11 Å². The first-order chi connectivity index (χ1) is 17.1. The minimum Gasteiger partial charge on any atom is -0.469 e. The van der Waals surface area contributed by atoms with Crippen LogP contribution in [-0.4, -0.2) is 30.1 Å². The Kier molecular flexibility index (Phi) is 7.06. The highest BCUT2D eigenvalue weighted by atomic mass is 16.5. The molecule has 8 atom stereocenters. The summed E-state index contributed by atoms with van der Waals surface area (Å²) in [4.78, 5) is 26.0. The quantitative estimate of drug-likeness (QED) is 0.399. The number of Topliss-reactive ketones (excluding diaryl/α,β-unsaturated/α-hetero) is 1. The van der Waals surface area contributed by atoms with Gasteiger partial charge in [0.2, 0.25) is 0 Å². The summed E-state index contributed by atoms with van der Waals surface area (Å²) in [6.45, 7) is 15.7. The highest BCUT2D eigenvalue weighted by Gasteiger charge is 2.68. The molecule has 4 rings (SSSR count). The summed E-state index contributed by atoms with van der Waals surface area (Å²) in [5.41, 5.74) is -0.817. The third-order valence-electron chi connectivity index (χ3n) is 12.4. The molecule has 37 heavy (non-hydrogen) atoms. The van der Waals surface area contributed by atoms with E-state index in [4.69, 9.17) is 4.74 Å². The van der Waals surface area contributed by atoms with Gasteiger partial charge in [-0.2, -0.15) is 5.26 Å². The van der Waals surface area contributed by atoms with Crippen molar-refractivity contribution in [3.63, 3.8) is 0 Å². The van der Waals surface area contributed by atoms with Gasteiger partial charge in [-0.3, -0.25) is 9.59 Å². The average Bonchev–Trinajstić information content (AvgIpc) is 2.82. The first kappa shape index (κ1) is 28.3. The Hall–Kier alpha value is -1.67. The number of carbonyl (C=O) groups excluding carboxylic acids is 2. The van der Waals surface area contributed by atoms with Crippen molar-refractivity contribution in [1.29, 1.82) is 5.26 Å². The molecule has 0 amide bonds. The Bertz CT molecular complexity index is 1020. The number of aliphatic hydroxyl groups excluding tert-OH is 1. The Morgan fingerprint density at radius 3 is 2.16 bits per heavy atom. The maximum atomic E-state index is 13.2. The number of methoxy groups -OCH3 is 1. The number of hydrogen-bond acceptors (Lipinski definition) is 5. The van der Waals surface area contributed by atoms with Gasteiger partial charge in [0.05, 0.1) is 24.7 Å². The molecule has 0 aromatic heterocycles. The van der Waals surface area contributed by atoms with Crippen molar-refractivity contribution in [1.82, 2.24) is 0 Å². The van der Waals surface area contributed by atoms with Crippen LogP contribution in [0, 0.1) is 62.1 Å². The molecular formula is C32H49NO4. The molecule has 0 aromatic carbocycles. The molecule has 0 spiro atoms. The van der Waals surface area contributed by atoms with E-state index in [9.17, 15) is 20.0 Å². The Morgan fingerprint density at radius 1 is 0.946 bits per heavy atom. The first-order valence-electron chi connectivity index (χ1n) is 14.5. The van der Waals surface area contributed by atoms with Crippen LogP contribution in [0.15, 0.2) is 11.6 Å². The molecule has 206 valence electrons. The molecule has 0 aromatic rings. The normalized spacial score (nSPS) is 45.2. The second-order valence-electron chi connectivity index (χ2n) is 15.0. The Balaban J connectivity index is 1.82. The summed E-state index contributed by atoms with van der Waals surface area (Å²) in [5, 5.41) is 21.8. The molecule has 0 aliphatic heterocycles. The van der Waals surface area contributed by atoms with Crippen molar-refractivity contribution in [3.8, 4) is 6.07 Å². The SMILES string of the molecule is COC(=O)[C@H]1CCC(C)(C)CCC2[C@@H](O)C[C@@H]3[C@@]4(C)C=C(C#N)C(=O)C(C)(C)[C@@H]4CC[C@@]3(C)[C@]2(C)CC1. The van der Waals surface area contributed by atoms with Crippen LogP contribution in [0.4, 0.5) is 0 Å². The van der Waals surface area contributed by atoms with Gasteiger partial charge in [-0.05, 0) is 97.2 Å². The summed E-state index contributed by atoms with van der Waals surface area (Å²) in [6.07, 6.45) is 9.66. The number of hydrogen-bond donors (Lipinski definition) is 1. The number of esters is 1. The van der Waals surface area contributed by atoms with Crippen molar-refractivity contribution in [2.75, 3.05) is 7.11 Å². The number of rotatable bonds is 1. The summed E-state index contributed by atoms with van der Waals surface area (Å²) < 4.78 is 5.23. The van der Waals surface area contributed by atoms with Crippen LogP contribution in [0.25, 0.3) is 0 Å². The fourth-order valence-electron chi connectivity index (χ4n) is 9.85. The largest absolute Gasteiger partial charge is 0.469 e. The summed E-state index contributed by atoms with van der Waals surface area (Å²) in [7, 11) is 1.49. The number of fused-ring (bicyclic) bond motifs is 5. The zero-order chi connectivity index (χ0) is 27.6. The lowest BCUT2D eigenvalue weighted by molar-refractivity contribution is -0.217. The van der Waals surface area contributed by atoms with Crippen molar-refractivity contribution >= 4 is 11.8 Å². The molecule has 4 aliphatic rings. The molecular weight excluding hydrogens is 462 g/mol. The standard InChI is InChI=1S/C32H49NO4/c1-28(2)13-9-20(27(36)37-8)10-15-31(6)22(11-14-28)23(34)17-25-30(5)18-21(19-33)26(35)29(3,4)24(30)12-16-32(25,31)7/h18,20,22-25,34H,9-17H2,1-8H3/t20-,22?,23-,24-,25+,30-,31+,32+/m0/s1. The number of ether oxygens (including phenoxy) is 1. The predicted octanol–water partition coefficient (Wildman–Crippen LogP) is 6.64. The van der Waals surface area contributed by atoms with Crippen LogP contribution >= 0.6 is 0 Å². The number of nitrogens with zero attached hydrogens (tertiary/aromatic N) is 1. The molecule has 3 saturated carbocycles. The maximum absolute atomic E-state index is 13.2. The topological polar surface area (TPSA) is 87.4 Å². The van der Waals surface area contributed by atoms with Crippen molar-refractivity contribution < 1.29 is 19.4 Å². The number of aliphatic hydroxyl groups is 1. The van der Waals surface area contributed by atoms with Gasteiger partial charge in [0.15, 0.2) is 5.78 Å². The molecule has 5 heteroatoms. The van der Waals surface area contributed by atoms with E-state index in [1.54, 1.807) is 0 Å². The summed E-state index contributed by atoms with van der Waals surface area (Å²) in [5.74, 6) is 0.170. The fraction of sp³-hybridized carbons (Fsp3) is 0.844. The Labute approximate surface area is 224 Å². The number of allylic oxidation sites excluding steroid dienone is 2. The lowest BCUT2D eigenvalue weighted by atomic mass is 9.35. The van der Waals surface area contributed by atoms with E-state index in [2.05, 4.69) is 40.7 Å². The van der Waals surface area contributed by atoms with Crippen LogP contribution in [0.2, 0.25) is 0 Å². The van der Waals surface area contributed by atoms with Crippen molar-refractivity contribution in [2.45, 2.75) is 112 Å². The third-order valence-corrected chi connectivity index (χ3v) is 12.4. The molecule has 0 bridgehead atoms. The van der Waals surface area contributed by atoms with Crippen LogP contribution < -0.4 is 0 Å². The van der Waals surface area contributed by atoms with Crippen LogP contribution in [-0.2, 0) is 14.3 Å². The molecule has 5 nitrogen and oxygen atoms in total. The van der Waals surface area contributed by atoms with Gasteiger partial charge >= 0.3 is 5.97 Å². The minimum absolute atomic E-state index is 0.0385. The average molecular weight is 512 g/mol. The van der Waals surface area contributed by atoms with E-state index in [-0.39, 0.29) is 62.7 Å². The van der Waals surface area contributed by atoms with Crippen molar-refractivity contribution in [3.05, 3.63) is 11.6 Å². The fourth-order valence-corrected chi connectivity index (χ4v) is 9.85. The van der Waals surface area contributed by atoms with Gasteiger partial charge in [0.1, 0.15) is 6.07 Å². The number of nitriles is 1. The van der Waals surface area contributed by atoms with E-state index in [0.29, 0.717) is 6.42 Å². The van der Waals surface area contributed by atoms with Crippen molar-refractivity contribution in [2.24, 2.45) is 50.7 Å². The third kappa shape index (κ3) is 4.21. The molecule has 1 unspecified atom stereocenters. The van der Waals surface area contributed by atoms with Gasteiger partial charge in [0.25, 0.3) is 0 Å². The highest BCUT2D eigenvalue weighted by Crippen LogP contribution is 2.72. The Morgan fingerprint density at radius 2 is 1.54 bits per heavy atom. The summed E-state index contributed by atoms with van der Waals surface area (Å²) >= 11 is 0. The highest BCUT2D eigenvalue weighted by molar-refractivity contribution is 6.04. The number of ketones is 1. The van der Waals surface area contributed by atoms with Gasteiger partial charge < -0.3 is 9.84 Å². The molecule has 3 fully saturated rings. The zero-order valence-electron chi connectivity index (χ0n) is 24.4. The molecule has 1 N–H and O–H groups in total. The molecule has 0 saturated heterocycles. The predicted molar refractivity (Wildman–Crippen MR) is 144 cm³/mol. The maximum Gasteiger partial charge on any atom is 0.308 e. The van der Waals surface area contributed by atoms with Gasteiger partial charge in [-0.25, -0.2) is 0 Å². The smallest absolute Gasteiger partial charge is 0.308 e. The van der Waals surface area contributed by atoms with Gasteiger partial charge in [-0.1, -0.05) is 54.5 Å². The van der Waals surface area contributed by atoms with Crippen LogP contribution in [0.3, 0.4) is 0 Å². The second kappa shape index (κ2) is 9.22. The molecule has 4 aliphatic carbocycles. The van der Waals surface area contributed by atoms with Gasteiger partial charge in [-0.15, -0.1) is 0 Å². The summed E-state index contributed by atoms with van der Waals surface area (Å²) in [6, 6.07) is 2.22. The van der Waals surface area contributed by atoms with E-state index in [1.807, 2.05) is 19.9 Å². The molecule has 0 radical (unpaired) electrons. The van der Waals surface area contributed by atoms with E-state index in [0.717, 1.165) is 51.4 Å².